The molecule has 0 aliphatic carbocycles. The van der Waals surface area contributed by atoms with Crippen LogP contribution in [-0.4, -0.2) is 51.4 Å². The average molecular weight is 297 g/mol. The predicted molar refractivity (Wildman–Crippen MR) is 75.6 cm³/mol. The number of aliphatic hydroxyl groups excluding tert-OH is 2. The fourth-order valence-corrected chi connectivity index (χ4v) is 2.25. The number of halogens is 1. The summed E-state index contributed by atoms with van der Waals surface area (Å²) in [6.07, 6.45) is -0.251. The van der Waals surface area contributed by atoms with E-state index in [9.17, 15) is 9.50 Å². The predicted octanol–water partition coefficient (Wildman–Crippen LogP) is 0.732. The Kier molecular flexibility index (Phi) is 5.22. The molecule has 0 bridgehead atoms. The van der Waals surface area contributed by atoms with Gasteiger partial charge in [-0.1, -0.05) is 6.08 Å². The second-order valence-electron chi connectivity index (χ2n) is 4.98. The molecule has 3 N–H and O–H groups in total. The summed E-state index contributed by atoms with van der Waals surface area (Å²) in [6.45, 7) is 5.07. The van der Waals surface area contributed by atoms with E-state index in [1.54, 1.807) is 6.08 Å². The van der Waals surface area contributed by atoms with E-state index in [0.29, 0.717) is 5.82 Å². The van der Waals surface area contributed by atoms with Crippen LogP contribution in [0.25, 0.3) is 0 Å². The van der Waals surface area contributed by atoms with Crippen LogP contribution in [0.2, 0.25) is 0 Å². The van der Waals surface area contributed by atoms with Crippen molar-refractivity contribution in [1.29, 1.82) is 0 Å². The van der Waals surface area contributed by atoms with Crippen molar-refractivity contribution in [2.75, 3.05) is 11.9 Å². The topological polar surface area (TPSA) is 87.5 Å². The molecule has 0 saturated carbocycles. The number of aryl methyl sites for hydroxylation is 1. The molecule has 6 nitrogen and oxygen atoms in total. The maximum Gasteiger partial charge on any atom is 0.173 e. The molecular weight excluding hydrogens is 277 g/mol. The van der Waals surface area contributed by atoms with E-state index in [1.165, 1.54) is 6.33 Å². The Morgan fingerprint density at radius 3 is 2.90 bits per heavy atom. The van der Waals surface area contributed by atoms with Gasteiger partial charge in [0.15, 0.2) is 12.4 Å². The van der Waals surface area contributed by atoms with Crippen LogP contribution in [-0.2, 0) is 11.2 Å². The molecule has 1 aromatic rings. The third kappa shape index (κ3) is 3.37. The summed E-state index contributed by atoms with van der Waals surface area (Å²) in [7, 11) is 0. The Labute approximate surface area is 122 Å². The normalized spacial score (nSPS) is 28.6. The van der Waals surface area contributed by atoms with Gasteiger partial charge in [-0.15, -0.1) is 6.58 Å². The lowest BCUT2D eigenvalue weighted by Gasteiger charge is -2.18. The van der Waals surface area contributed by atoms with E-state index in [0.717, 1.165) is 24.1 Å². The molecule has 2 rings (SSSR count). The largest absolute Gasteiger partial charge is 0.394 e. The van der Waals surface area contributed by atoms with E-state index < -0.39 is 31.2 Å². The van der Waals surface area contributed by atoms with Crippen LogP contribution in [0.1, 0.15) is 17.7 Å². The van der Waals surface area contributed by atoms with Gasteiger partial charge in [-0.25, -0.2) is 14.4 Å². The average Bonchev–Trinajstić information content (AvgIpc) is 2.76. The van der Waals surface area contributed by atoms with Gasteiger partial charge in [-0.05, 0) is 19.8 Å². The summed E-state index contributed by atoms with van der Waals surface area (Å²) < 4.78 is 19.2. The quantitative estimate of drug-likeness (QED) is 0.671. The van der Waals surface area contributed by atoms with Gasteiger partial charge in [0.25, 0.3) is 0 Å². The summed E-state index contributed by atoms with van der Waals surface area (Å²) in [4.78, 5) is 8.28. The van der Waals surface area contributed by atoms with Crippen molar-refractivity contribution in [2.45, 2.75) is 44.4 Å². The molecule has 0 aromatic carbocycles. The molecule has 1 aliphatic heterocycles. The van der Waals surface area contributed by atoms with Crippen molar-refractivity contribution in [1.82, 2.24) is 9.97 Å². The van der Waals surface area contributed by atoms with Gasteiger partial charge in [-0.3, -0.25) is 0 Å². The first-order chi connectivity index (χ1) is 10.1. The van der Waals surface area contributed by atoms with Gasteiger partial charge >= 0.3 is 0 Å². The zero-order chi connectivity index (χ0) is 15.4. The second kappa shape index (κ2) is 6.93. The third-order valence-electron chi connectivity index (χ3n) is 3.55. The summed E-state index contributed by atoms with van der Waals surface area (Å²) in [6, 6.07) is 0. The van der Waals surface area contributed by atoms with Crippen molar-refractivity contribution in [2.24, 2.45) is 0 Å². The molecule has 0 radical (unpaired) electrons. The van der Waals surface area contributed by atoms with Crippen LogP contribution < -0.4 is 5.32 Å². The molecule has 1 aliphatic rings. The van der Waals surface area contributed by atoms with E-state index in [1.807, 2.05) is 6.92 Å². The number of allylic oxidation sites excluding steroid dienone is 1. The highest BCUT2D eigenvalue weighted by Crippen LogP contribution is 2.26. The fourth-order valence-electron chi connectivity index (χ4n) is 2.25. The maximum atomic E-state index is 13.9. The van der Waals surface area contributed by atoms with Crippen LogP contribution in [0.4, 0.5) is 10.2 Å². The zero-order valence-electron chi connectivity index (χ0n) is 11.9. The minimum atomic E-state index is -1.63. The Morgan fingerprint density at radius 1 is 1.52 bits per heavy atom. The molecule has 4 atom stereocenters. The molecule has 0 spiro atoms. The Bertz CT molecular complexity index is 500. The van der Waals surface area contributed by atoms with Crippen molar-refractivity contribution >= 4 is 5.82 Å². The summed E-state index contributed by atoms with van der Waals surface area (Å²) >= 11 is 0. The molecule has 1 fully saturated rings. The molecule has 0 unspecified atom stereocenters. The summed E-state index contributed by atoms with van der Waals surface area (Å²) in [5.74, 6) is 0.461. The maximum absolute atomic E-state index is 13.9. The molecular formula is C14H20FN3O3. The van der Waals surface area contributed by atoms with Crippen LogP contribution in [0.5, 0.6) is 0 Å². The molecule has 2 heterocycles. The number of hydrogen-bond donors (Lipinski definition) is 3. The zero-order valence-corrected chi connectivity index (χ0v) is 11.9. The number of anilines is 1. The molecule has 116 valence electrons. The fraction of sp³-hybridized carbons (Fsp3) is 0.571. The molecule has 0 amide bonds. The standard InChI is InChI=1S/C14H20FN3O3/c1-3-4-5-9-8(2)13(17-7-16-9)18-14-11(15)12(20)10(6-19)21-14/h3,7,10-12,14,19-20H,1,4-6H2,2H3,(H,16,17,18)/t10-,11-,12-,14-/m1/s1. The van der Waals surface area contributed by atoms with Gasteiger partial charge in [-0.2, -0.15) is 0 Å². The lowest BCUT2D eigenvalue weighted by molar-refractivity contribution is -0.0151. The first-order valence-electron chi connectivity index (χ1n) is 6.84. The van der Waals surface area contributed by atoms with E-state index in [4.69, 9.17) is 9.84 Å². The number of aromatic nitrogens is 2. The number of nitrogens with one attached hydrogen (secondary N) is 1. The highest BCUT2D eigenvalue weighted by atomic mass is 19.1. The van der Waals surface area contributed by atoms with Crippen LogP contribution in [0.15, 0.2) is 19.0 Å². The highest BCUT2D eigenvalue weighted by molar-refractivity contribution is 5.45. The molecule has 21 heavy (non-hydrogen) atoms. The summed E-state index contributed by atoms with van der Waals surface area (Å²) in [5.41, 5.74) is 1.65. The van der Waals surface area contributed by atoms with E-state index in [-0.39, 0.29) is 0 Å². The summed E-state index contributed by atoms with van der Waals surface area (Å²) in [5, 5.41) is 21.4. The van der Waals surface area contributed by atoms with Gasteiger partial charge in [0.05, 0.1) is 6.61 Å². The Balaban J connectivity index is 2.11. The lowest BCUT2D eigenvalue weighted by Crippen LogP contribution is -2.33. The molecule has 1 aromatic heterocycles. The van der Waals surface area contributed by atoms with Gasteiger partial charge in [0.1, 0.15) is 24.4 Å². The van der Waals surface area contributed by atoms with Crippen LogP contribution in [0, 0.1) is 6.92 Å². The molecule has 1 saturated heterocycles. The number of alkyl halides is 1. The number of hydrogen-bond acceptors (Lipinski definition) is 6. The van der Waals surface area contributed by atoms with Crippen molar-refractivity contribution in [3.8, 4) is 0 Å². The number of ether oxygens (including phenoxy) is 1. The second-order valence-corrected chi connectivity index (χ2v) is 4.98. The van der Waals surface area contributed by atoms with Crippen LogP contribution in [0.3, 0.4) is 0 Å². The third-order valence-corrected chi connectivity index (χ3v) is 3.55. The van der Waals surface area contributed by atoms with Gasteiger partial charge in [0.2, 0.25) is 0 Å². The van der Waals surface area contributed by atoms with Gasteiger partial charge in [0, 0.05) is 11.3 Å². The first-order valence-corrected chi connectivity index (χ1v) is 6.84. The smallest absolute Gasteiger partial charge is 0.173 e. The lowest BCUT2D eigenvalue weighted by atomic mass is 10.1. The Morgan fingerprint density at radius 2 is 2.29 bits per heavy atom. The number of rotatable bonds is 6. The minimum absolute atomic E-state index is 0.437. The van der Waals surface area contributed by atoms with Gasteiger partial charge < -0.3 is 20.3 Å². The minimum Gasteiger partial charge on any atom is -0.394 e. The monoisotopic (exact) mass is 297 g/mol. The SMILES string of the molecule is C=CCCc1ncnc(N[C@@H]2O[C@H](CO)[C@@H](O)[C@H]2F)c1C. The van der Waals surface area contributed by atoms with Crippen molar-refractivity contribution in [3.63, 3.8) is 0 Å². The van der Waals surface area contributed by atoms with Crippen LogP contribution >= 0.6 is 0 Å². The van der Waals surface area contributed by atoms with E-state index >= 15 is 0 Å². The van der Waals surface area contributed by atoms with Crippen molar-refractivity contribution < 1.29 is 19.3 Å². The van der Waals surface area contributed by atoms with Crippen molar-refractivity contribution in [3.05, 3.63) is 30.2 Å². The number of aliphatic hydroxyl groups is 2. The highest BCUT2D eigenvalue weighted by Gasteiger charge is 2.44. The number of nitrogens with zero attached hydrogens (tertiary/aromatic N) is 2. The Hall–Kier alpha value is -1.57. The molecule has 7 heteroatoms. The first kappa shape index (κ1) is 15.8. The van der Waals surface area contributed by atoms with E-state index in [2.05, 4.69) is 21.9 Å².